The maximum Gasteiger partial charge on any atom is 0.347 e. The quantitative estimate of drug-likeness (QED) is 0.605. The van der Waals surface area contributed by atoms with Gasteiger partial charge >= 0.3 is 7.60 Å². The van der Waals surface area contributed by atoms with Crippen LogP contribution in [-0.2, 0) is 23.6 Å². The van der Waals surface area contributed by atoms with Gasteiger partial charge in [-0.25, -0.2) is 12.7 Å². The Balaban J connectivity index is 4.93. The summed E-state index contributed by atoms with van der Waals surface area (Å²) in [6.45, 7) is 7.76. The van der Waals surface area contributed by atoms with E-state index in [4.69, 9.17) is 9.05 Å². The van der Waals surface area contributed by atoms with Gasteiger partial charge in [0.25, 0.3) is 0 Å². The summed E-state index contributed by atoms with van der Waals surface area (Å²) >= 11 is 0. The molecule has 8 heteroatoms. The maximum atomic E-state index is 12.1. The molecule has 17 heavy (non-hydrogen) atoms. The Bertz CT molecular complexity index is 342. The lowest BCUT2D eigenvalue weighted by Crippen LogP contribution is -2.33. The van der Waals surface area contributed by atoms with Gasteiger partial charge in [0.1, 0.15) is 0 Å². The molecule has 0 rings (SSSR count). The molecule has 0 aromatic carbocycles. The fraction of sp³-hybridized carbons (Fsp3) is 1.00. The number of rotatable bonds is 9. The van der Waals surface area contributed by atoms with Gasteiger partial charge in [-0.05, 0) is 13.8 Å². The molecule has 0 atom stereocenters. The third-order valence-corrected chi connectivity index (χ3v) is 7.25. The minimum atomic E-state index is -3.60. The van der Waals surface area contributed by atoms with Crippen molar-refractivity contribution in [2.45, 2.75) is 27.7 Å². The number of sulfonamides is 1. The van der Waals surface area contributed by atoms with Crippen molar-refractivity contribution in [2.75, 3.05) is 31.8 Å². The molecule has 0 aromatic heterocycles. The smallest absolute Gasteiger partial charge is 0.308 e. The van der Waals surface area contributed by atoms with E-state index >= 15 is 0 Å². The van der Waals surface area contributed by atoms with Gasteiger partial charge in [-0.1, -0.05) is 13.8 Å². The summed E-state index contributed by atoms with van der Waals surface area (Å²) in [6.07, 6.45) is 0. The Kier molecular flexibility index (Phi) is 7.51. The molecule has 0 fully saturated rings. The molecule has 0 saturated heterocycles. The SMILES string of the molecule is CCOP(=O)(CS(=O)(=O)N(CC)CC)OCC. The molecule has 0 spiro atoms. The molecule has 0 N–H and O–H groups in total. The molecular weight excluding hydrogens is 265 g/mol. The van der Waals surface area contributed by atoms with Gasteiger partial charge in [0.2, 0.25) is 10.0 Å². The Hall–Kier alpha value is 0.0600. The van der Waals surface area contributed by atoms with Crippen LogP contribution in [0.25, 0.3) is 0 Å². The van der Waals surface area contributed by atoms with Crippen molar-refractivity contribution >= 4 is 17.6 Å². The Morgan fingerprint density at radius 1 is 1.00 bits per heavy atom. The largest absolute Gasteiger partial charge is 0.347 e. The summed E-state index contributed by atoms with van der Waals surface area (Å²) in [7, 11) is -7.16. The van der Waals surface area contributed by atoms with Crippen LogP contribution in [0.2, 0.25) is 0 Å². The Morgan fingerprint density at radius 3 is 1.71 bits per heavy atom. The lowest BCUT2D eigenvalue weighted by atomic mass is 10.7. The Labute approximate surface area is 104 Å². The summed E-state index contributed by atoms with van der Waals surface area (Å²) in [5, 5.41) is 0. The molecule has 0 saturated carbocycles. The molecule has 0 aromatic rings. The van der Waals surface area contributed by atoms with Gasteiger partial charge in [-0.15, -0.1) is 0 Å². The van der Waals surface area contributed by atoms with Gasteiger partial charge in [-0.3, -0.25) is 4.57 Å². The second-order valence-corrected chi connectivity index (χ2v) is 7.72. The lowest BCUT2D eigenvalue weighted by molar-refractivity contribution is 0.223. The van der Waals surface area contributed by atoms with Gasteiger partial charge in [0, 0.05) is 13.1 Å². The minimum absolute atomic E-state index is 0.158. The first-order chi connectivity index (χ1) is 7.85. The van der Waals surface area contributed by atoms with Crippen molar-refractivity contribution in [1.29, 1.82) is 0 Å². The van der Waals surface area contributed by atoms with E-state index in [1.165, 1.54) is 4.31 Å². The fourth-order valence-electron chi connectivity index (χ4n) is 1.40. The molecule has 0 unspecified atom stereocenters. The van der Waals surface area contributed by atoms with Crippen molar-refractivity contribution in [3.8, 4) is 0 Å². The summed E-state index contributed by atoms with van der Waals surface area (Å²) in [5.41, 5.74) is -0.594. The molecule has 6 nitrogen and oxygen atoms in total. The van der Waals surface area contributed by atoms with Crippen molar-refractivity contribution in [1.82, 2.24) is 4.31 Å². The van der Waals surface area contributed by atoms with Gasteiger partial charge in [0.15, 0.2) is 5.49 Å². The molecule has 0 aliphatic rings. The molecule has 104 valence electrons. The zero-order valence-corrected chi connectivity index (χ0v) is 12.6. The molecule has 0 radical (unpaired) electrons. The topological polar surface area (TPSA) is 72.9 Å². The van der Waals surface area contributed by atoms with E-state index in [1.54, 1.807) is 27.7 Å². The molecule has 0 aliphatic carbocycles. The van der Waals surface area contributed by atoms with Crippen LogP contribution in [0.4, 0.5) is 0 Å². The highest BCUT2D eigenvalue weighted by Gasteiger charge is 2.34. The molecular formula is C9H22NO5PS. The van der Waals surface area contributed by atoms with E-state index < -0.39 is 23.1 Å². The van der Waals surface area contributed by atoms with Gasteiger partial charge in [-0.2, -0.15) is 0 Å². The van der Waals surface area contributed by atoms with Crippen LogP contribution in [-0.4, -0.2) is 44.5 Å². The number of nitrogens with zero attached hydrogens (tertiary/aromatic N) is 1. The van der Waals surface area contributed by atoms with Crippen molar-refractivity contribution in [3.63, 3.8) is 0 Å². The Morgan fingerprint density at radius 2 is 1.41 bits per heavy atom. The molecule has 0 amide bonds. The van der Waals surface area contributed by atoms with Crippen LogP contribution in [0.3, 0.4) is 0 Å². The van der Waals surface area contributed by atoms with Crippen LogP contribution < -0.4 is 0 Å². The summed E-state index contributed by atoms with van der Waals surface area (Å²) in [5.74, 6) is 0. The van der Waals surface area contributed by atoms with E-state index in [1.807, 2.05) is 0 Å². The first-order valence-electron chi connectivity index (χ1n) is 5.71. The third-order valence-electron chi connectivity index (χ3n) is 2.07. The predicted octanol–water partition coefficient (Wildman–Crippen LogP) is 1.88. The zero-order chi connectivity index (χ0) is 13.5. The van der Waals surface area contributed by atoms with Crippen LogP contribution >= 0.6 is 7.60 Å². The monoisotopic (exact) mass is 287 g/mol. The second kappa shape index (κ2) is 7.48. The van der Waals surface area contributed by atoms with Crippen LogP contribution in [0, 0.1) is 0 Å². The summed E-state index contributed by atoms with van der Waals surface area (Å²) in [4.78, 5) is 0. The highest BCUT2D eigenvalue weighted by Crippen LogP contribution is 2.49. The van der Waals surface area contributed by atoms with E-state index in [2.05, 4.69) is 0 Å². The minimum Gasteiger partial charge on any atom is -0.308 e. The van der Waals surface area contributed by atoms with Crippen LogP contribution in [0.15, 0.2) is 0 Å². The van der Waals surface area contributed by atoms with Crippen LogP contribution in [0.5, 0.6) is 0 Å². The van der Waals surface area contributed by atoms with Crippen molar-refractivity contribution in [2.24, 2.45) is 0 Å². The van der Waals surface area contributed by atoms with E-state index in [0.29, 0.717) is 13.1 Å². The highest BCUT2D eigenvalue weighted by atomic mass is 32.2. The van der Waals surface area contributed by atoms with Gasteiger partial charge < -0.3 is 9.05 Å². The zero-order valence-electron chi connectivity index (χ0n) is 10.9. The molecule has 0 heterocycles. The second-order valence-electron chi connectivity index (χ2n) is 3.27. The maximum absolute atomic E-state index is 12.1. The van der Waals surface area contributed by atoms with Gasteiger partial charge in [0.05, 0.1) is 13.2 Å². The first kappa shape index (κ1) is 17.1. The van der Waals surface area contributed by atoms with Crippen molar-refractivity contribution in [3.05, 3.63) is 0 Å². The number of hydrogen-bond acceptors (Lipinski definition) is 5. The average molecular weight is 287 g/mol. The molecule has 0 aliphatic heterocycles. The first-order valence-corrected chi connectivity index (χ1v) is 9.04. The summed E-state index contributed by atoms with van der Waals surface area (Å²) in [6, 6.07) is 0. The normalized spacial score (nSPS) is 13.2. The van der Waals surface area contributed by atoms with E-state index in [0.717, 1.165) is 0 Å². The number of hydrogen-bond donors (Lipinski definition) is 0. The summed E-state index contributed by atoms with van der Waals surface area (Å²) < 4.78 is 47.2. The average Bonchev–Trinajstić information content (AvgIpc) is 2.17. The fourth-order valence-corrected chi connectivity index (χ4v) is 5.90. The van der Waals surface area contributed by atoms with E-state index in [9.17, 15) is 13.0 Å². The standard InChI is InChI=1S/C9H22NO5PS/c1-5-10(6-2)17(12,13)9-16(11,14-7-3)15-8-4/h5-9H2,1-4H3. The lowest BCUT2D eigenvalue weighted by Gasteiger charge is -2.22. The molecule has 0 bridgehead atoms. The third kappa shape index (κ3) is 5.48. The van der Waals surface area contributed by atoms with Crippen molar-refractivity contribution < 1.29 is 22.0 Å². The van der Waals surface area contributed by atoms with Crippen LogP contribution in [0.1, 0.15) is 27.7 Å². The predicted molar refractivity (Wildman–Crippen MR) is 67.6 cm³/mol. The van der Waals surface area contributed by atoms with E-state index in [-0.39, 0.29) is 13.2 Å². The highest BCUT2D eigenvalue weighted by molar-refractivity contribution is 7.95.